The first-order valence-electron chi connectivity index (χ1n) is 4.98. The summed E-state index contributed by atoms with van der Waals surface area (Å²) in [6.45, 7) is 1.65. The molecule has 0 aromatic carbocycles. The molecule has 1 atom stereocenters. The molecule has 0 saturated heterocycles. The normalized spacial score (nSPS) is 12.2. The molecule has 88 valence electrons. The average molecular weight is 249 g/mol. The molecule has 0 aromatic rings. The van der Waals surface area contributed by atoms with Gasteiger partial charge in [-0.1, -0.05) is 12.2 Å². The lowest BCUT2D eigenvalue weighted by Crippen LogP contribution is -2.39. The number of unbranched alkanes of at least 4 members (excludes halogenated alkanes) is 1. The second-order valence-corrected chi connectivity index (χ2v) is 4.93. The Hall–Kier alpha value is -0.290. The maximum atomic E-state index is 10.7. The smallest absolute Gasteiger partial charge is 0.326 e. The SMILES string of the molecule is CSCCCCC(=S)N(C)[C@@H](C)C(=O)O. The molecule has 0 amide bonds. The largest absolute Gasteiger partial charge is 0.480 e. The zero-order valence-electron chi connectivity index (χ0n) is 9.52. The summed E-state index contributed by atoms with van der Waals surface area (Å²) in [4.78, 5) is 13.1. The van der Waals surface area contributed by atoms with Crippen LogP contribution in [-0.4, -0.2) is 46.1 Å². The van der Waals surface area contributed by atoms with E-state index in [2.05, 4.69) is 6.26 Å². The molecule has 0 aromatic heterocycles. The zero-order valence-corrected chi connectivity index (χ0v) is 11.2. The van der Waals surface area contributed by atoms with E-state index in [9.17, 15) is 4.79 Å². The molecular weight excluding hydrogens is 230 g/mol. The predicted molar refractivity (Wildman–Crippen MR) is 69.7 cm³/mol. The Morgan fingerprint density at radius 1 is 1.53 bits per heavy atom. The van der Waals surface area contributed by atoms with Crippen molar-refractivity contribution in [2.75, 3.05) is 19.1 Å². The summed E-state index contributed by atoms with van der Waals surface area (Å²) in [7, 11) is 1.75. The van der Waals surface area contributed by atoms with Crippen LogP contribution in [0.4, 0.5) is 0 Å². The van der Waals surface area contributed by atoms with Crippen molar-refractivity contribution in [1.82, 2.24) is 4.90 Å². The van der Waals surface area contributed by atoms with E-state index in [1.54, 1.807) is 18.9 Å². The lowest BCUT2D eigenvalue weighted by Gasteiger charge is -2.24. The number of aliphatic carboxylic acids is 1. The second kappa shape index (κ2) is 7.93. The summed E-state index contributed by atoms with van der Waals surface area (Å²) in [5.74, 6) is 0.310. The monoisotopic (exact) mass is 249 g/mol. The average Bonchev–Trinajstić information content (AvgIpc) is 2.21. The molecule has 0 radical (unpaired) electrons. The summed E-state index contributed by atoms with van der Waals surface area (Å²) in [5, 5.41) is 8.81. The van der Waals surface area contributed by atoms with E-state index < -0.39 is 12.0 Å². The molecule has 0 aliphatic rings. The van der Waals surface area contributed by atoms with Crippen LogP contribution in [0.1, 0.15) is 26.2 Å². The van der Waals surface area contributed by atoms with Crippen molar-refractivity contribution >= 4 is 34.9 Å². The van der Waals surface area contributed by atoms with E-state index in [1.165, 1.54) is 0 Å². The maximum absolute atomic E-state index is 10.7. The van der Waals surface area contributed by atoms with E-state index in [4.69, 9.17) is 17.3 Å². The highest BCUT2D eigenvalue weighted by Gasteiger charge is 2.18. The lowest BCUT2D eigenvalue weighted by atomic mass is 10.2. The fraction of sp³-hybridized carbons (Fsp3) is 0.800. The van der Waals surface area contributed by atoms with E-state index in [0.717, 1.165) is 30.0 Å². The number of carbonyl (C=O) groups is 1. The first-order valence-corrected chi connectivity index (χ1v) is 6.78. The summed E-state index contributed by atoms with van der Waals surface area (Å²) in [6.07, 6.45) is 5.06. The number of thioether (sulfide) groups is 1. The van der Waals surface area contributed by atoms with Crippen LogP contribution >= 0.6 is 24.0 Å². The van der Waals surface area contributed by atoms with Crippen molar-refractivity contribution in [3.63, 3.8) is 0 Å². The number of carboxylic acids is 1. The van der Waals surface area contributed by atoms with Gasteiger partial charge >= 0.3 is 5.97 Å². The van der Waals surface area contributed by atoms with E-state index in [0.29, 0.717) is 0 Å². The van der Waals surface area contributed by atoms with Crippen LogP contribution < -0.4 is 0 Å². The van der Waals surface area contributed by atoms with Crippen LogP contribution in [0.15, 0.2) is 0 Å². The van der Waals surface area contributed by atoms with E-state index >= 15 is 0 Å². The topological polar surface area (TPSA) is 40.5 Å². The van der Waals surface area contributed by atoms with Crippen molar-refractivity contribution in [1.29, 1.82) is 0 Å². The molecule has 0 spiro atoms. The Morgan fingerprint density at radius 3 is 2.60 bits per heavy atom. The third kappa shape index (κ3) is 5.99. The molecule has 0 bridgehead atoms. The number of thiocarbonyl (C=S) groups is 1. The standard InChI is InChI=1S/C10H19NO2S2/c1-8(10(12)13)11(2)9(14)6-4-5-7-15-3/h8H,4-7H2,1-3H3,(H,12,13)/t8-/m0/s1. The van der Waals surface area contributed by atoms with Gasteiger partial charge in [-0.15, -0.1) is 0 Å². The van der Waals surface area contributed by atoms with Crippen LogP contribution in [0.25, 0.3) is 0 Å². The summed E-state index contributed by atoms with van der Waals surface area (Å²) < 4.78 is 0. The van der Waals surface area contributed by atoms with Crippen molar-refractivity contribution < 1.29 is 9.90 Å². The third-order valence-electron chi connectivity index (χ3n) is 2.32. The van der Waals surface area contributed by atoms with Gasteiger partial charge in [0.15, 0.2) is 0 Å². The first-order chi connectivity index (χ1) is 7.00. The maximum Gasteiger partial charge on any atom is 0.326 e. The van der Waals surface area contributed by atoms with Gasteiger partial charge in [0, 0.05) is 7.05 Å². The van der Waals surface area contributed by atoms with Crippen LogP contribution in [0.5, 0.6) is 0 Å². The van der Waals surface area contributed by atoms with Crippen molar-refractivity contribution in [2.45, 2.75) is 32.2 Å². The summed E-state index contributed by atoms with van der Waals surface area (Å²) >= 11 is 7.00. The molecule has 1 N–H and O–H groups in total. The van der Waals surface area contributed by atoms with Crippen molar-refractivity contribution in [2.24, 2.45) is 0 Å². The Morgan fingerprint density at radius 2 is 2.13 bits per heavy atom. The Bertz CT molecular complexity index is 221. The number of nitrogens with zero attached hydrogens (tertiary/aromatic N) is 1. The third-order valence-corrected chi connectivity index (χ3v) is 3.51. The van der Waals surface area contributed by atoms with Crippen LogP contribution in [0, 0.1) is 0 Å². The van der Waals surface area contributed by atoms with Gasteiger partial charge in [-0.25, -0.2) is 4.79 Å². The van der Waals surface area contributed by atoms with Gasteiger partial charge < -0.3 is 10.0 Å². The Kier molecular flexibility index (Phi) is 7.78. The number of likely N-dealkylation sites (N-methyl/N-ethyl adjacent to an activating group) is 1. The van der Waals surface area contributed by atoms with Crippen LogP contribution in [0.2, 0.25) is 0 Å². The molecule has 15 heavy (non-hydrogen) atoms. The quantitative estimate of drug-likeness (QED) is 0.553. The van der Waals surface area contributed by atoms with Crippen molar-refractivity contribution in [3.8, 4) is 0 Å². The van der Waals surface area contributed by atoms with Gasteiger partial charge in [-0.3, -0.25) is 0 Å². The molecule has 0 unspecified atom stereocenters. The molecule has 0 aliphatic carbocycles. The predicted octanol–water partition coefficient (Wildman–Crippen LogP) is 2.25. The number of hydrogen-bond donors (Lipinski definition) is 1. The molecular formula is C10H19NO2S2. The molecule has 3 nitrogen and oxygen atoms in total. The van der Waals surface area contributed by atoms with Gasteiger partial charge in [-0.05, 0) is 38.2 Å². The summed E-state index contributed by atoms with van der Waals surface area (Å²) in [5.41, 5.74) is 0. The fourth-order valence-electron chi connectivity index (χ4n) is 1.08. The highest BCUT2D eigenvalue weighted by Crippen LogP contribution is 2.07. The van der Waals surface area contributed by atoms with Crippen LogP contribution in [-0.2, 0) is 4.79 Å². The minimum absolute atomic E-state index is 0.530. The molecule has 0 heterocycles. The lowest BCUT2D eigenvalue weighted by molar-refractivity contribution is -0.140. The first kappa shape index (κ1) is 14.7. The summed E-state index contributed by atoms with van der Waals surface area (Å²) in [6, 6.07) is -0.530. The fourth-order valence-corrected chi connectivity index (χ4v) is 1.88. The number of hydrogen-bond acceptors (Lipinski definition) is 3. The molecule has 0 saturated carbocycles. The highest BCUT2D eigenvalue weighted by molar-refractivity contribution is 7.98. The van der Waals surface area contributed by atoms with E-state index in [1.807, 2.05) is 11.8 Å². The Balaban J connectivity index is 3.84. The second-order valence-electron chi connectivity index (χ2n) is 3.47. The minimum atomic E-state index is -0.830. The Labute approximate surface area is 101 Å². The number of rotatable bonds is 7. The molecule has 0 rings (SSSR count). The zero-order chi connectivity index (χ0) is 11.8. The van der Waals surface area contributed by atoms with Crippen LogP contribution in [0.3, 0.4) is 0 Å². The van der Waals surface area contributed by atoms with Crippen molar-refractivity contribution in [3.05, 3.63) is 0 Å². The number of carboxylic acid groups (broad SMARTS) is 1. The van der Waals surface area contributed by atoms with Gasteiger partial charge in [0.1, 0.15) is 6.04 Å². The highest BCUT2D eigenvalue weighted by atomic mass is 32.2. The molecule has 5 heteroatoms. The van der Waals surface area contributed by atoms with Gasteiger partial charge in [0.2, 0.25) is 0 Å². The van der Waals surface area contributed by atoms with Gasteiger partial charge in [-0.2, -0.15) is 11.8 Å². The molecule has 0 aliphatic heterocycles. The van der Waals surface area contributed by atoms with Gasteiger partial charge in [0.05, 0.1) is 4.99 Å². The van der Waals surface area contributed by atoms with E-state index in [-0.39, 0.29) is 0 Å². The minimum Gasteiger partial charge on any atom is -0.480 e. The van der Waals surface area contributed by atoms with Gasteiger partial charge in [0.25, 0.3) is 0 Å². The molecule has 0 fully saturated rings.